The fourth-order valence-electron chi connectivity index (χ4n) is 2.98. The fourth-order valence-corrected chi connectivity index (χ4v) is 2.98. The summed E-state index contributed by atoms with van der Waals surface area (Å²) in [6, 6.07) is 18.8. The molecule has 2 amide bonds. The Balaban J connectivity index is 1.76. The number of hydrogen-bond acceptors (Lipinski definition) is 3. The van der Waals surface area contributed by atoms with Crippen molar-refractivity contribution in [3.63, 3.8) is 0 Å². The van der Waals surface area contributed by atoms with Crippen LogP contribution >= 0.6 is 0 Å². The lowest BCUT2D eigenvalue weighted by Crippen LogP contribution is -2.40. The van der Waals surface area contributed by atoms with Crippen LogP contribution in [-0.2, 0) is 6.42 Å². The summed E-state index contributed by atoms with van der Waals surface area (Å²) in [4.78, 5) is 16.3. The first-order chi connectivity index (χ1) is 13.0. The third-order valence-corrected chi connectivity index (χ3v) is 4.64. The van der Waals surface area contributed by atoms with Gasteiger partial charge in [0.15, 0.2) is 0 Å². The molecule has 0 fully saturated rings. The first-order valence-corrected chi connectivity index (χ1v) is 9.46. The van der Waals surface area contributed by atoms with E-state index in [0.717, 1.165) is 12.8 Å². The maximum absolute atomic E-state index is 12.1. The second-order valence-corrected chi connectivity index (χ2v) is 7.19. The van der Waals surface area contributed by atoms with Crippen molar-refractivity contribution in [2.75, 3.05) is 46.2 Å². The van der Waals surface area contributed by atoms with Gasteiger partial charge in [0, 0.05) is 32.9 Å². The maximum atomic E-state index is 12.1. The van der Waals surface area contributed by atoms with E-state index in [2.05, 4.69) is 56.8 Å². The van der Waals surface area contributed by atoms with Crippen molar-refractivity contribution < 1.29 is 4.79 Å². The van der Waals surface area contributed by atoms with Crippen molar-refractivity contribution in [3.8, 4) is 0 Å². The molecular weight excluding hydrogens is 336 g/mol. The molecular formula is C22H32N4O. The van der Waals surface area contributed by atoms with E-state index in [1.807, 2.05) is 46.4 Å². The molecule has 2 aromatic rings. The number of urea groups is 1. The zero-order valence-electron chi connectivity index (χ0n) is 16.9. The van der Waals surface area contributed by atoms with Crippen LogP contribution < -0.4 is 15.5 Å². The zero-order chi connectivity index (χ0) is 19.6. The molecule has 0 radical (unpaired) electrons. The Morgan fingerprint density at radius 3 is 2.19 bits per heavy atom. The van der Waals surface area contributed by atoms with Crippen molar-refractivity contribution in [1.82, 2.24) is 15.5 Å². The summed E-state index contributed by atoms with van der Waals surface area (Å²) in [5.41, 5.74) is 3.66. The average Bonchev–Trinajstić information content (AvgIpc) is 2.66. The Labute approximate surface area is 163 Å². The minimum Gasteiger partial charge on any atom is -0.378 e. The molecule has 1 atom stereocenters. The van der Waals surface area contributed by atoms with Crippen LogP contribution in [0, 0.1) is 0 Å². The number of amides is 2. The minimum atomic E-state index is -0.111. The molecule has 0 aliphatic carbocycles. The van der Waals surface area contributed by atoms with Gasteiger partial charge in [-0.25, -0.2) is 4.79 Å². The summed E-state index contributed by atoms with van der Waals surface area (Å²) in [6.07, 6.45) is 1.90. The van der Waals surface area contributed by atoms with Gasteiger partial charge in [0.05, 0.1) is 6.04 Å². The lowest BCUT2D eigenvalue weighted by Gasteiger charge is -2.26. The monoisotopic (exact) mass is 368 g/mol. The van der Waals surface area contributed by atoms with Crippen LogP contribution in [0.4, 0.5) is 10.5 Å². The van der Waals surface area contributed by atoms with Gasteiger partial charge in [0.25, 0.3) is 0 Å². The highest BCUT2D eigenvalue weighted by atomic mass is 16.2. The molecule has 0 spiro atoms. The third-order valence-electron chi connectivity index (χ3n) is 4.64. The number of hydrogen-bond donors (Lipinski definition) is 2. The molecule has 2 N–H and O–H groups in total. The molecule has 27 heavy (non-hydrogen) atoms. The molecule has 0 aliphatic rings. The van der Waals surface area contributed by atoms with E-state index in [1.165, 1.54) is 16.8 Å². The Hall–Kier alpha value is -2.53. The van der Waals surface area contributed by atoms with Crippen LogP contribution in [0.5, 0.6) is 0 Å². The van der Waals surface area contributed by atoms with Crippen LogP contribution in [0.15, 0.2) is 54.6 Å². The SMILES string of the molecule is CN(C)c1ccc(C(CNC(=O)NCCCc2ccccc2)N(C)C)cc1. The van der Waals surface area contributed by atoms with Gasteiger partial charge in [-0.1, -0.05) is 42.5 Å². The number of benzene rings is 2. The Bertz CT molecular complexity index is 683. The topological polar surface area (TPSA) is 47.6 Å². The standard InChI is InChI=1S/C22H32N4O/c1-25(2)20-14-12-19(13-15-20)21(26(3)4)17-24-22(27)23-16-8-11-18-9-6-5-7-10-18/h5-7,9-10,12-15,21H,8,11,16-17H2,1-4H3,(H2,23,24,27). The van der Waals surface area contributed by atoms with Crippen molar-refractivity contribution in [2.24, 2.45) is 0 Å². The summed E-state index contributed by atoms with van der Waals surface area (Å²) in [6.45, 7) is 1.24. The number of nitrogens with zero attached hydrogens (tertiary/aromatic N) is 2. The number of carbonyl (C=O) groups is 1. The predicted molar refractivity (Wildman–Crippen MR) is 113 cm³/mol. The van der Waals surface area contributed by atoms with Gasteiger partial charge in [0.2, 0.25) is 0 Å². The summed E-state index contributed by atoms with van der Waals surface area (Å²) >= 11 is 0. The molecule has 2 aromatic carbocycles. The highest BCUT2D eigenvalue weighted by molar-refractivity contribution is 5.73. The molecule has 0 bridgehead atoms. The molecule has 0 aromatic heterocycles. The van der Waals surface area contributed by atoms with E-state index >= 15 is 0 Å². The molecule has 0 saturated heterocycles. The quantitative estimate of drug-likeness (QED) is 0.668. The summed E-state index contributed by atoms with van der Waals surface area (Å²) in [7, 11) is 8.12. The molecule has 0 heterocycles. The highest BCUT2D eigenvalue weighted by Gasteiger charge is 2.15. The molecule has 2 rings (SSSR count). The normalized spacial score (nSPS) is 11.9. The van der Waals surface area contributed by atoms with Crippen LogP contribution in [0.2, 0.25) is 0 Å². The van der Waals surface area contributed by atoms with Gasteiger partial charge in [0.1, 0.15) is 0 Å². The van der Waals surface area contributed by atoms with Gasteiger partial charge < -0.3 is 20.4 Å². The zero-order valence-corrected chi connectivity index (χ0v) is 16.9. The van der Waals surface area contributed by atoms with E-state index in [9.17, 15) is 4.79 Å². The number of anilines is 1. The second kappa shape index (κ2) is 10.6. The van der Waals surface area contributed by atoms with Crippen molar-refractivity contribution in [2.45, 2.75) is 18.9 Å². The van der Waals surface area contributed by atoms with Gasteiger partial charge in [-0.2, -0.15) is 0 Å². The average molecular weight is 369 g/mol. The van der Waals surface area contributed by atoms with Crippen LogP contribution in [0.3, 0.4) is 0 Å². The van der Waals surface area contributed by atoms with E-state index in [4.69, 9.17) is 0 Å². The van der Waals surface area contributed by atoms with Crippen molar-refractivity contribution in [3.05, 3.63) is 65.7 Å². The maximum Gasteiger partial charge on any atom is 0.314 e. The Morgan fingerprint density at radius 1 is 0.926 bits per heavy atom. The number of nitrogens with one attached hydrogen (secondary N) is 2. The lowest BCUT2D eigenvalue weighted by molar-refractivity contribution is 0.232. The molecule has 5 nitrogen and oxygen atoms in total. The number of carbonyl (C=O) groups excluding carboxylic acids is 1. The minimum absolute atomic E-state index is 0.111. The first-order valence-electron chi connectivity index (χ1n) is 9.46. The third kappa shape index (κ3) is 6.94. The summed E-state index contributed by atoms with van der Waals surface area (Å²) in [5, 5.41) is 5.94. The van der Waals surface area contributed by atoms with Gasteiger partial charge >= 0.3 is 6.03 Å². The largest absolute Gasteiger partial charge is 0.378 e. The van der Waals surface area contributed by atoms with E-state index in [-0.39, 0.29) is 12.1 Å². The molecule has 0 saturated carbocycles. The van der Waals surface area contributed by atoms with Gasteiger partial charge in [-0.3, -0.25) is 0 Å². The number of aryl methyl sites for hydroxylation is 1. The molecule has 1 unspecified atom stereocenters. The molecule has 0 aliphatic heterocycles. The summed E-state index contributed by atoms with van der Waals surface area (Å²) < 4.78 is 0. The van der Waals surface area contributed by atoms with Crippen LogP contribution in [0.25, 0.3) is 0 Å². The van der Waals surface area contributed by atoms with Crippen LogP contribution in [0.1, 0.15) is 23.6 Å². The predicted octanol–water partition coefficient (Wildman–Crippen LogP) is 3.29. The highest BCUT2D eigenvalue weighted by Crippen LogP contribution is 2.20. The van der Waals surface area contributed by atoms with Crippen LogP contribution in [-0.4, -0.2) is 52.2 Å². The van der Waals surface area contributed by atoms with Crippen molar-refractivity contribution >= 4 is 11.7 Å². The van der Waals surface area contributed by atoms with E-state index in [0.29, 0.717) is 13.1 Å². The molecule has 5 heteroatoms. The fraction of sp³-hybridized carbons (Fsp3) is 0.409. The molecule has 146 valence electrons. The number of likely N-dealkylation sites (N-methyl/N-ethyl adjacent to an activating group) is 1. The Kier molecular flexibility index (Phi) is 8.14. The first kappa shape index (κ1) is 20.8. The Morgan fingerprint density at radius 2 is 1.59 bits per heavy atom. The van der Waals surface area contributed by atoms with Crippen molar-refractivity contribution in [1.29, 1.82) is 0 Å². The van der Waals surface area contributed by atoms with Gasteiger partial charge in [-0.15, -0.1) is 0 Å². The lowest BCUT2D eigenvalue weighted by atomic mass is 10.1. The summed E-state index contributed by atoms with van der Waals surface area (Å²) in [5.74, 6) is 0. The smallest absolute Gasteiger partial charge is 0.314 e. The number of rotatable bonds is 9. The van der Waals surface area contributed by atoms with E-state index in [1.54, 1.807) is 0 Å². The van der Waals surface area contributed by atoms with Gasteiger partial charge in [-0.05, 0) is 50.2 Å². The second-order valence-electron chi connectivity index (χ2n) is 7.19. The van der Waals surface area contributed by atoms with E-state index < -0.39 is 0 Å².